The van der Waals surface area contributed by atoms with Crippen molar-refractivity contribution in [3.63, 3.8) is 0 Å². The molecule has 1 aromatic heterocycles. The van der Waals surface area contributed by atoms with Gasteiger partial charge in [0.2, 0.25) is 16.9 Å². The Morgan fingerprint density at radius 1 is 1.12 bits per heavy atom. The van der Waals surface area contributed by atoms with E-state index in [1.54, 1.807) is 25.2 Å². The van der Waals surface area contributed by atoms with Gasteiger partial charge < -0.3 is 19.7 Å². The lowest BCUT2D eigenvalue weighted by molar-refractivity contribution is -0.125. The molecule has 0 radical (unpaired) electrons. The predicted molar refractivity (Wildman–Crippen MR) is 132 cm³/mol. The molecular formula is C25H28N4O4S. The highest BCUT2D eigenvalue weighted by atomic mass is 32.1. The van der Waals surface area contributed by atoms with E-state index in [9.17, 15) is 9.59 Å². The third-order valence-corrected chi connectivity index (χ3v) is 6.98. The van der Waals surface area contributed by atoms with Gasteiger partial charge in [-0.1, -0.05) is 42.0 Å². The van der Waals surface area contributed by atoms with Gasteiger partial charge in [-0.2, -0.15) is 0 Å². The fourth-order valence-corrected chi connectivity index (χ4v) is 4.92. The molecular weight excluding hydrogens is 452 g/mol. The van der Waals surface area contributed by atoms with Crippen molar-refractivity contribution in [3.8, 4) is 11.5 Å². The molecule has 178 valence electrons. The van der Waals surface area contributed by atoms with Crippen molar-refractivity contribution in [2.24, 2.45) is 5.92 Å². The van der Waals surface area contributed by atoms with E-state index in [2.05, 4.69) is 15.5 Å². The number of hydrogen-bond donors (Lipinski definition) is 1. The van der Waals surface area contributed by atoms with Gasteiger partial charge in [0.15, 0.2) is 11.5 Å². The van der Waals surface area contributed by atoms with Crippen LogP contribution in [0.5, 0.6) is 11.5 Å². The summed E-state index contributed by atoms with van der Waals surface area (Å²) in [7, 11) is 3.14. The minimum atomic E-state index is -0.526. The second-order valence-electron chi connectivity index (χ2n) is 8.15. The first-order valence-corrected chi connectivity index (χ1v) is 12.0. The van der Waals surface area contributed by atoms with Crippen molar-refractivity contribution in [3.05, 3.63) is 58.6 Å². The van der Waals surface area contributed by atoms with Gasteiger partial charge in [-0.05, 0) is 49.6 Å². The van der Waals surface area contributed by atoms with Crippen LogP contribution in [0.15, 0.2) is 42.5 Å². The number of aryl methyl sites for hydroxylation is 2. The summed E-state index contributed by atoms with van der Waals surface area (Å²) in [6, 6.07) is 12.8. The maximum Gasteiger partial charge on any atom is 0.231 e. The van der Waals surface area contributed by atoms with Crippen LogP contribution in [0, 0.1) is 12.8 Å². The van der Waals surface area contributed by atoms with E-state index in [1.807, 2.05) is 50.2 Å². The van der Waals surface area contributed by atoms with Crippen molar-refractivity contribution >= 4 is 34.0 Å². The minimum absolute atomic E-state index is 0.0307. The number of nitrogens with one attached hydrogen (secondary N) is 1. The van der Waals surface area contributed by atoms with Gasteiger partial charge in [-0.3, -0.25) is 9.59 Å². The maximum absolute atomic E-state index is 13.5. The molecule has 2 atom stereocenters. The lowest BCUT2D eigenvalue weighted by atomic mass is 9.83. The number of carbonyl (C=O) groups is 2. The first kappa shape index (κ1) is 23.7. The summed E-state index contributed by atoms with van der Waals surface area (Å²) in [6.07, 6.45) is 1.44. The number of carbonyl (C=O) groups excluding carboxylic acids is 2. The summed E-state index contributed by atoms with van der Waals surface area (Å²) >= 11 is 1.36. The van der Waals surface area contributed by atoms with Crippen LogP contribution in [0.3, 0.4) is 0 Å². The van der Waals surface area contributed by atoms with Gasteiger partial charge in [-0.25, -0.2) is 0 Å². The number of rotatable bonds is 7. The van der Waals surface area contributed by atoms with Gasteiger partial charge in [0.25, 0.3) is 0 Å². The van der Waals surface area contributed by atoms with Gasteiger partial charge in [-0.15, -0.1) is 10.2 Å². The molecule has 1 aliphatic rings. The van der Waals surface area contributed by atoms with Crippen LogP contribution in [-0.2, 0) is 16.0 Å². The normalized spacial score (nSPS) is 18.0. The summed E-state index contributed by atoms with van der Waals surface area (Å²) in [5.41, 5.74) is 2.63. The quantitative estimate of drug-likeness (QED) is 0.533. The van der Waals surface area contributed by atoms with Crippen LogP contribution in [-0.4, -0.2) is 36.2 Å². The van der Waals surface area contributed by atoms with Gasteiger partial charge in [0.05, 0.1) is 26.2 Å². The Morgan fingerprint density at radius 2 is 1.85 bits per heavy atom. The molecule has 0 saturated carbocycles. The zero-order chi connectivity index (χ0) is 24.2. The van der Waals surface area contributed by atoms with E-state index in [-0.39, 0.29) is 18.2 Å². The summed E-state index contributed by atoms with van der Waals surface area (Å²) < 4.78 is 10.9. The van der Waals surface area contributed by atoms with Crippen molar-refractivity contribution in [2.75, 3.05) is 24.4 Å². The fraction of sp³-hybridized carbons (Fsp3) is 0.360. The molecule has 0 aliphatic carbocycles. The van der Waals surface area contributed by atoms with E-state index < -0.39 is 12.0 Å². The lowest BCUT2D eigenvalue weighted by Gasteiger charge is -2.41. The fourth-order valence-electron chi connectivity index (χ4n) is 4.24. The molecule has 2 aromatic carbocycles. The molecule has 4 rings (SSSR count). The SMILES string of the molecule is CCc1nnc(NC(=O)[C@@H]2CCC(=O)N(c3ccc(C)cc3)[C@H]2c2ccc(OC)c(OC)c2)s1. The summed E-state index contributed by atoms with van der Waals surface area (Å²) in [4.78, 5) is 28.5. The number of anilines is 2. The molecule has 0 unspecified atom stereocenters. The molecule has 1 saturated heterocycles. The zero-order valence-corrected chi connectivity index (χ0v) is 20.5. The third kappa shape index (κ3) is 4.75. The largest absolute Gasteiger partial charge is 0.493 e. The zero-order valence-electron chi connectivity index (χ0n) is 19.7. The number of nitrogens with zero attached hydrogens (tertiary/aromatic N) is 3. The Morgan fingerprint density at radius 3 is 2.50 bits per heavy atom. The van der Waals surface area contributed by atoms with Gasteiger partial charge in [0, 0.05) is 12.1 Å². The highest BCUT2D eigenvalue weighted by Crippen LogP contribution is 2.43. The van der Waals surface area contributed by atoms with Crippen molar-refractivity contribution in [2.45, 2.75) is 39.2 Å². The van der Waals surface area contributed by atoms with Crippen LogP contribution in [0.25, 0.3) is 0 Å². The number of benzene rings is 2. The van der Waals surface area contributed by atoms with Crippen LogP contribution in [0.2, 0.25) is 0 Å². The summed E-state index contributed by atoms with van der Waals surface area (Å²) in [5.74, 6) is 0.404. The van der Waals surface area contributed by atoms with E-state index in [0.29, 0.717) is 23.1 Å². The molecule has 0 bridgehead atoms. The maximum atomic E-state index is 13.5. The molecule has 1 fully saturated rings. The molecule has 34 heavy (non-hydrogen) atoms. The Labute approximate surface area is 202 Å². The number of amides is 2. The van der Waals surface area contributed by atoms with E-state index in [4.69, 9.17) is 9.47 Å². The van der Waals surface area contributed by atoms with Gasteiger partial charge in [0.1, 0.15) is 5.01 Å². The van der Waals surface area contributed by atoms with Crippen molar-refractivity contribution in [1.82, 2.24) is 10.2 Å². The average Bonchev–Trinajstić information content (AvgIpc) is 3.31. The number of aromatic nitrogens is 2. The smallest absolute Gasteiger partial charge is 0.231 e. The monoisotopic (exact) mass is 480 g/mol. The Kier molecular flexibility index (Phi) is 7.12. The molecule has 1 N–H and O–H groups in total. The van der Waals surface area contributed by atoms with Crippen molar-refractivity contribution < 1.29 is 19.1 Å². The predicted octanol–water partition coefficient (Wildman–Crippen LogP) is 4.55. The van der Waals surface area contributed by atoms with Crippen LogP contribution in [0.4, 0.5) is 10.8 Å². The summed E-state index contributed by atoms with van der Waals surface area (Å²) in [6.45, 7) is 3.99. The molecule has 9 heteroatoms. The number of ether oxygens (including phenoxy) is 2. The van der Waals surface area contributed by atoms with Crippen LogP contribution < -0.4 is 19.7 Å². The molecule has 3 aromatic rings. The van der Waals surface area contributed by atoms with E-state index >= 15 is 0 Å². The number of hydrogen-bond acceptors (Lipinski definition) is 7. The second-order valence-corrected chi connectivity index (χ2v) is 9.21. The van der Waals surface area contributed by atoms with Gasteiger partial charge >= 0.3 is 0 Å². The van der Waals surface area contributed by atoms with E-state index in [0.717, 1.165) is 28.2 Å². The Hall–Kier alpha value is -3.46. The summed E-state index contributed by atoms with van der Waals surface area (Å²) in [5, 5.41) is 12.4. The Balaban J connectivity index is 1.76. The molecule has 2 heterocycles. The van der Waals surface area contributed by atoms with Crippen LogP contribution >= 0.6 is 11.3 Å². The first-order chi connectivity index (χ1) is 16.4. The topological polar surface area (TPSA) is 93.7 Å². The average molecular weight is 481 g/mol. The number of methoxy groups -OCH3 is 2. The molecule has 2 amide bonds. The molecule has 0 spiro atoms. The molecule has 1 aliphatic heterocycles. The first-order valence-electron chi connectivity index (χ1n) is 11.2. The van der Waals surface area contributed by atoms with Crippen molar-refractivity contribution in [1.29, 1.82) is 0 Å². The van der Waals surface area contributed by atoms with E-state index in [1.165, 1.54) is 11.3 Å². The minimum Gasteiger partial charge on any atom is -0.493 e. The highest BCUT2D eigenvalue weighted by molar-refractivity contribution is 7.15. The highest BCUT2D eigenvalue weighted by Gasteiger charge is 2.42. The molecule has 8 nitrogen and oxygen atoms in total. The number of piperidine rings is 1. The third-order valence-electron chi connectivity index (χ3n) is 5.99. The standard InChI is InChI=1S/C25H28N4O4S/c1-5-21-27-28-25(34-21)26-24(31)18-11-13-22(30)29(17-9-6-15(2)7-10-17)23(18)16-8-12-19(32-3)20(14-16)33-4/h6-10,12,14,18,23H,5,11,13H2,1-4H3,(H,26,28,31)/t18-,23+/m1/s1. The van der Waals surface area contributed by atoms with Crippen LogP contribution in [0.1, 0.15) is 41.9 Å². The Bertz CT molecular complexity index is 1180. The second kappa shape index (κ2) is 10.2. The lowest BCUT2D eigenvalue weighted by Crippen LogP contribution is -2.47.